The van der Waals surface area contributed by atoms with E-state index in [9.17, 15) is 0 Å². The van der Waals surface area contributed by atoms with Crippen molar-refractivity contribution in [1.82, 2.24) is 0 Å². The Hall–Kier alpha value is -4.68. The normalized spacial score (nSPS) is 25.6. The number of hydrogen-bond donors (Lipinski definition) is 0. The predicted octanol–water partition coefficient (Wildman–Crippen LogP) is 8.98. The summed E-state index contributed by atoms with van der Waals surface area (Å²) in [7, 11) is 0. The summed E-state index contributed by atoms with van der Waals surface area (Å²) in [6.07, 6.45) is 5.13. The first-order valence-corrected chi connectivity index (χ1v) is 14.4. The zero-order valence-electron chi connectivity index (χ0n) is 22.0. The fraction of sp³-hybridized carbons (Fsp3) is 0.100. The molecule has 0 saturated heterocycles. The van der Waals surface area contributed by atoms with Crippen LogP contribution in [0.15, 0.2) is 146 Å². The maximum absolute atomic E-state index is 2.62. The second kappa shape index (κ2) is 7.09. The Morgan fingerprint density at radius 2 is 0.950 bits per heavy atom. The lowest BCUT2D eigenvalue weighted by atomic mass is 9.38. The van der Waals surface area contributed by atoms with Crippen molar-refractivity contribution in [2.45, 2.75) is 22.7 Å². The Morgan fingerprint density at radius 3 is 1.60 bits per heavy atom. The van der Waals surface area contributed by atoms with E-state index in [1.807, 2.05) is 0 Å². The molecular formula is C40H26. The molecular weight excluding hydrogens is 480 g/mol. The minimum Gasteiger partial charge on any atom is -0.0754 e. The van der Waals surface area contributed by atoms with Gasteiger partial charge in [0.15, 0.2) is 0 Å². The lowest BCUT2D eigenvalue weighted by Gasteiger charge is -2.62. The lowest BCUT2D eigenvalue weighted by Crippen LogP contribution is -2.58. The standard InChI is InChI=1S/C40H26/c1-2-12-26-25(11-1)21-22-29-27-23-24-39(38(26)29,33-17-7-3-13-28(27)33)40-34-18-8-4-14-30(34)37(31-15-5-9-19-35(31)40)32-16-6-10-20-36(32)40/h1-24,27,37H/t27-,37?,39-,40?/m1/s1. The first-order valence-electron chi connectivity index (χ1n) is 14.4. The second-order valence-corrected chi connectivity index (χ2v) is 11.9. The summed E-state index contributed by atoms with van der Waals surface area (Å²) in [6, 6.07) is 51.1. The molecule has 6 aliphatic rings. The van der Waals surface area contributed by atoms with Gasteiger partial charge in [-0.1, -0.05) is 146 Å². The monoisotopic (exact) mass is 506 g/mol. The minimum absolute atomic E-state index is 0.257. The number of allylic oxidation sites excluding steroid dienone is 2. The third kappa shape index (κ3) is 2.11. The van der Waals surface area contributed by atoms with Crippen molar-refractivity contribution >= 4 is 10.8 Å². The third-order valence-corrected chi connectivity index (χ3v) is 10.6. The van der Waals surface area contributed by atoms with Gasteiger partial charge in [0.05, 0.1) is 10.8 Å². The number of hydrogen-bond acceptors (Lipinski definition) is 0. The Morgan fingerprint density at radius 1 is 0.425 bits per heavy atom. The van der Waals surface area contributed by atoms with Crippen molar-refractivity contribution < 1.29 is 0 Å². The van der Waals surface area contributed by atoms with Gasteiger partial charge in [0.25, 0.3) is 0 Å². The van der Waals surface area contributed by atoms with Crippen LogP contribution in [0.1, 0.15) is 67.5 Å². The number of rotatable bonds is 1. The van der Waals surface area contributed by atoms with Gasteiger partial charge in [0.1, 0.15) is 0 Å². The van der Waals surface area contributed by atoms with Crippen LogP contribution in [0, 0.1) is 0 Å². The highest BCUT2D eigenvalue weighted by Crippen LogP contribution is 2.71. The fourth-order valence-electron chi connectivity index (χ4n) is 9.40. The molecule has 6 aromatic carbocycles. The molecule has 0 nitrogen and oxygen atoms in total. The van der Waals surface area contributed by atoms with E-state index in [4.69, 9.17) is 0 Å². The van der Waals surface area contributed by atoms with E-state index in [0.29, 0.717) is 0 Å². The molecule has 0 spiro atoms. The fourth-order valence-corrected chi connectivity index (χ4v) is 9.40. The Kier molecular flexibility index (Phi) is 3.75. The number of benzene rings is 6. The van der Waals surface area contributed by atoms with Crippen LogP contribution in [0.2, 0.25) is 0 Å². The van der Waals surface area contributed by atoms with Crippen LogP contribution in [0.4, 0.5) is 0 Å². The van der Waals surface area contributed by atoms with Crippen molar-refractivity contribution in [3.63, 3.8) is 0 Å². The van der Waals surface area contributed by atoms with Gasteiger partial charge in [-0.2, -0.15) is 0 Å². The van der Waals surface area contributed by atoms with Gasteiger partial charge in [0.2, 0.25) is 0 Å². The molecule has 0 saturated carbocycles. The van der Waals surface area contributed by atoms with Crippen molar-refractivity contribution in [3.05, 3.63) is 201 Å². The van der Waals surface area contributed by atoms with E-state index in [2.05, 4.69) is 146 Å². The van der Waals surface area contributed by atoms with Gasteiger partial charge in [-0.25, -0.2) is 0 Å². The van der Waals surface area contributed by atoms with Crippen molar-refractivity contribution in [2.75, 3.05) is 0 Å². The van der Waals surface area contributed by atoms with E-state index < -0.39 is 10.8 Å². The summed E-state index contributed by atoms with van der Waals surface area (Å²) < 4.78 is 0. The van der Waals surface area contributed by atoms with Crippen molar-refractivity contribution in [3.8, 4) is 0 Å². The zero-order chi connectivity index (χ0) is 26.1. The summed E-state index contributed by atoms with van der Waals surface area (Å²) in [4.78, 5) is 0. The van der Waals surface area contributed by atoms with Crippen LogP contribution in [0.25, 0.3) is 10.8 Å². The molecule has 6 aromatic rings. The zero-order valence-corrected chi connectivity index (χ0v) is 22.0. The molecule has 0 N–H and O–H groups in total. The van der Waals surface area contributed by atoms with Crippen LogP contribution in [0.3, 0.4) is 0 Å². The highest BCUT2D eigenvalue weighted by Gasteiger charge is 2.65. The molecule has 0 radical (unpaired) electrons. The lowest BCUT2D eigenvalue weighted by molar-refractivity contribution is 0.383. The summed E-state index contributed by atoms with van der Waals surface area (Å²) in [5, 5.41) is 2.69. The van der Waals surface area contributed by atoms with Crippen LogP contribution < -0.4 is 0 Å². The first-order chi connectivity index (χ1) is 19.9. The van der Waals surface area contributed by atoms with E-state index in [1.54, 1.807) is 0 Å². The van der Waals surface area contributed by atoms with E-state index in [0.717, 1.165) is 0 Å². The molecule has 186 valence electrons. The molecule has 0 fully saturated rings. The van der Waals surface area contributed by atoms with Gasteiger partial charge >= 0.3 is 0 Å². The van der Waals surface area contributed by atoms with Crippen LogP contribution in [-0.4, -0.2) is 0 Å². The van der Waals surface area contributed by atoms with Gasteiger partial charge in [0, 0.05) is 11.8 Å². The van der Waals surface area contributed by atoms with Gasteiger partial charge < -0.3 is 0 Å². The molecule has 0 aliphatic heterocycles. The molecule has 40 heavy (non-hydrogen) atoms. The minimum atomic E-state index is -0.414. The van der Waals surface area contributed by atoms with Crippen LogP contribution in [-0.2, 0) is 10.8 Å². The average molecular weight is 507 g/mol. The Bertz CT molecular complexity index is 1980. The molecule has 6 aliphatic carbocycles. The highest BCUT2D eigenvalue weighted by atomic mass is 14.7. The highest BCUT2D eigenvalue weighted by molar-refractivity contribution is 5.94. The van der Waals surface area contributed by atoms with Gasteiger partial charge in [-0.3, -0.25) is 0 Å². The molecule has 0 heterocycles. The predicted molar refractivity (Wildman–Crippen MR) is 162 cm³/mol. The SMILES string of the molecule is C1=C[C@@]2(C34c5ccccc5C(c5ccccc53)c3ccccc34)c3ccccc3[C@@H]1c1ccc3ccccc3c12. The Balaban J connectivity index is 1.52. The maximum atomic E-state index is 2.62. The molecule has 0 amide bonds. The summed E-state index contributed by atoms with van der Waals surface area (Å²) in [5.74, 6) is 0.530. The van der Waals surface area contributed by atoms with Gasteiger partial charge in [-0.15, -0.1) is 0 Å². The topological polar surface area (TPSA) is 0 Å². The summed E-state index contributed by atoms with van der Waals surface area (Å²) >= 11 is 0. The van der Waals surface area contributed by atoms with Gasteiger partial charge in [-0.05, 0) is 66.4 Å². The van der Waals surface area contributed by atoms with Crippen molar-refractivity contribution in [1.29, 1.82) is 0 Å². The third-order valence-electron chi connectivity index (χ3n) is 10.6. The summed E-state index contributed by atoms with van der Waals surface area (Å²) in [5.41, 5.74) is 13.7. The Labute approximate surface area is 234 Å². The van der Waals surface area contributed by atoms with E-state index >= 15 is 0 Å². The second-order valence-electron chi connectivity index (χ2n) is 11.9. The smallest absolute Gasteiger partial charge is 0.0632 e. The number of fused-ring (bicyclic) bond motifs is 1. The first kappa shape index (κ1) is 21.2. The molecule has 12 rings (SSSR count). The van der Waals surface area contributed by atoms with Crippen molar-refractivity contribution in [2.24, 2.45) is 0 Å². The molecule has 4 bridgehead atoms. The quantitative estimate of drug-likeness (QED) is 0.195. The van der Waals surface area contributed by atoms with E-state index in [1.165, 1.54) is 66.4 Å². The molecule has 0 unspecified atom stereocenters. The largest absolute Gasteiger partial charge is 0.0754 e. The molecule has 2 atom stereocenters. The van der Waals surface area contributed by atoms with E-state index in [-0.39, 0.29) is 11.8 Å². The summed E-state index contributed by atoms with van der Waals surface area (Å²) in [6.45, 7) is 0. The molecule has 0 heteroatoms. The van der Waals surface area contributed by atoms with Crippen LogP contribution >= 0.6 is 0 Å². The average Bonchev–Trinajstić information content (AvgIpc) is 3.04. The molecule has 0 aromatic heterocycles. The maximum Gasteiger partial charge on any atom is 0.0632 e. The van der Waals surface area contributed by atoms with Crippen LogP contribution in [0.5, 0.6) is 0 Å².